The lowest BCUT2D eigenvalue weighted by Gasteiger charge is -2.11. The van der Waals surface area contributed by atoms with E-state index in [4.69, 9.17) is 10.5 Å². The molecule has 19 heavy (non-hydrogen) atoms. The average molecular weight is 277 g/mol. The standard InChI is InChI=1S/C13H15N3O2S/c1-2-3-13(9-15)16-19(17,18)10-12-6-4-11(8-14)5-7-12/h4-7,13,16H,2-3,10H2,1H3. The monoisotopic (exact) mass is 277 g/mol. The Hall–Kier alpha value is -1.89. The minimum atomic E-state index is -3.54. The van der Waals surface area contributed by atoms with Gasteiger partial charge in [-0.3, -0.25) is 0 Å². The molecule has 0 bridgehead atoms. The van der Waals surface area contributed by atoms with E-state index in [9.17, 15) is 8.42 Å². The molecule has 1 atom stereocenters. The number of sulfonamides is 1. The van der Waals surface area contributed by atoms with Crippen molar-refractivity contribution in [2.24, 2.45) is 0 Å². The molecule has 5 nitrogen and oxygen atoms in total. The van der Waals surface area contributed by atoms with E-state index >= 15 is 0 Å². The van der Waals surface area contributed by atoms with Crippen LogP contribution < -0.4 is 4.72 Å². The molecule has 1 N–H and O–H groups in total. The molecule has 0 radical (unpaired) electrons. The van der Waals surface area contributed by atoms with Gasteiger partial charge >= 0.3 is 0 Å². The summed E-state index contributed by atoms with van der Waals surface area (Å²) >= 11 is 0. The first-order chi connectivity index (χ1) is 9.00. The average Bonchev–Trinajstić information content (AvgIpc) is 2.38. The first kappa shape index (κ1) is 15.2. The van der Waals surface area contributed by atoms with Gasteiger partial charge in [-0.05, 0) is 24.1 Å². The number of benzene rings is 1. The molecule has 100 valence electrons. The fraction of sp³-hybridized carbons (Fsp3) is 0.385. The summed E-state index contributed by atoms with van der Waals surface area (Å²) in [6.45, 7) is 1.89. The number of hydrogen-bond donors (Lipinski definition) is 1. The first-order valence-electron chi connectivity index (χ1n) is 5.89. The Bertz CT molecular complexity index is 594. The maximum Gasteiger partial charge on any atom is 0.216 e. The molecular formula is C13H15N3O2S. The second-order valence-electron chi connectivity index (χ2n) is 4.16. The Morgan fingerprint density at radius 2 is 1.89 bits per heavy atom. The Labute approximate surface area is 113 Å². The van der Waals surface area contributed by atoms with Gasteiger partial charge in [0.25, 0.3) is 0 Å². The molecule has 1 rings (SSSR count). The van der Waals surface area contributed by atoms with Gasteiger partial charge in [0.2, 0.25) is 10.0 Å². The highest BCUT2D eigenvalue weighted by molar-refractivity contribution is 7.88. The molecule has 0 saturated carbocycles. The van der Waals surface area contributed by atoms with Crippen LogP contribution in [0, 0.1) is 22.7 Å². The third-order valence-corrected chi connectivity index (χ3v) is 3.85. The predicted octanol–water partition coefficient (Wildman–Crippen LogP) is 1.67. The van der Waals surface area contributed by atoms with E-state index in [2.05, 4.69) is 4.72 Å². The molecule has 0 aliphatic carbocycles. The maximum atomic E-state index is 11.9. The summed E-state index contributed by atoms with van der Waals surface area (Å²) in [4.78, 5) is 0. The minimum absolute atomic E-state index is 0.194. The summed E-state index contributed by atoms with van der Waals surface area (Å²) in [6, 6.07) is 9.54. The van der Waals surface area contributed by atoms with Crippen molar-refractivity contribution >= 4 is 10.0 Å². The lowest BCUT2D eigenvalue weighted by molar-refractivity contribution is 0.562. The second kappa shape index (κ2) is 6.89. The summed E-state index contributed by atoms with van der Waals surface area (Å²) in [6.07, 6.45) is 1.22. The van der Waals surface area contributed by atoms with Gasteiger partial charge in [-0.1, -0.05) is 25.5 Å². The zero-order valence-electron chi connectivity index (χ0n) is 10.6. The SMILES string of the molecule is CCCC(C#N)NS(=O)(=O)Cc1ccc(C#N)cc1. The van der Waals surface area contributed by atoms with Crippen molar-refractivity contribution in [2.75, 3.05) is 0 Å². The molecule has 0 aliphatic rings. The maximum absolute atomic E-state index is 11.9. The van der Waals surface area contributed by atoms with Gasteiger partial charge < -0.3 is 0 Å². The molecule has 0 saturated heterocycles. The van der Waals surface area contributed by atoms with Crippen LogP contribution in [-0.2, 0) is 15.8 Å². The van der Waals surface area contributed by atoms with Crippen molar-refractivity contribution < 1.29 is 8.42 Å². The van der Waals surface area contributed by atoms with Crippen molar-refractivity contribution in [3.63, 3.8) is 0 Å². The van der Waals surface area contributed by atoms with Crippen LogP contribution in [0.2, 0.25) is 0 Å². The Balaban J connectivity index is 2.74. The normalized spacial score (nSPS) is 12.4. The van der Waals surface area contributed by atoms with E-state index in [0.29, 0.717) is 17.5 Å². The van der Waals surface area contributed by atoms with Crippen molar-refractivity contribution in [3.05, 3.63) is 35.4 Å². The molecule has 0 aliphatic heterocycles. The Morgan fingerprint density at radius 3 is 2.37 bits per heavy atom. The smallest absolute Gasteiger partial charge is 0.212 e. The van der Waals surface area contributed by atoms with E-state index in [0.717, 1.165) is 6.42 Å². The second-order valence-corrected chi connectivity index (χ2v) is 5.91. The lowest BCUT2D eigenvalue weighted by Crippen LogP contribution is -2.34. The van der Waals surface area contributed by atoms with Gasteiger partial charge in [-0.2, -0.15) is 15.2 Å². The number of rotatable bonds is 6. The summed E-state index contributed by atoms with van der Waals surface area (Å²) < 4.78 is 26.1. The van der Waals surface area contributed by atoms with Gasteiger partial charge in [0.15, 0.2) is 0 Å². The van der Waals surface area contributed by atoms with Crippen molar-refractivity contribution in [1.29, 1.82) is 10.5 Å². The molecule has 1 aromatic carbocycles. The molecule has 0 aromatic heterocycles. The highest BCUT2D eigenvalue weighted by Crippen LogP contribution is 2.08. The summed E-state index contributed by atoms with van der Waals surface area (Å²) in [5.74, 6) is -0.194. The van der Waals surface area contributed by atoms with Gasteiger partial charge in [0.1, 0.15) is 6.04 Å². The molecule has 6 heteroatoms. The third kappa shape index (κ3) is 5.09. The van der Waals surface area contributed by atoms with Gasteiger partial charge in [0.05, 0.1) is 23.5 Å². The topological polar surface area (TPSA) is 93.8 Å². The van der Waals surface area contributed by atoms with E-state index in [1.807, 2.05) is 19.1 Å². The number of nitriles is 2. The fourth-order valence-electron chi connectivity index (χ4n) is 1.59. The van der Waals surface area contributed by atoms with Crippen LogP contribution in [0.3, 0.4) is 0 Å². The van der Waals surface area contributed by atoms with Crippen LogP contribution in [0.5, 0.6) is 0 Å². The molecule has 0 amide bonds. The third-order valence-electron chi connectivity index (χ3n) is 2.49. The Kier molecular flexibility index (Phi) is 5.50. The van der Waals surface area contributed by atoms with Crippen LogP contribution in [0.25, 0.3) is 0 Å². The number of hydrogen-bond acceptors (Lipinski definition) is 4. The first-order valence-corrected chi connectivity index (χ1v) is 7.54. The highest BCUT2D eigenvalue weighted by atomic mass is 32.2. The van der Waals surface area contributed by atoms with E-state index in [1.54, 1.807) is 24.3 Å². The van der Waals surface area contributed by atoms with E-state index in [1.165, 1.54) is 0 Å². The minimum Gasteiger partial charge on any atom is -0.212 e. The van der Waals surface area contributed by atoms with E-state index < -0.39 is 16.1 Å². The van der Waals surface area contributed by atoms with E-state index in [-0.39, 0.29) is 5.75 Å². The largest absolute Gasteiger partial charge is 0.216 e. The van der Waals surface area contributed by atoms with Crippen LogP contribution >= 0.6 is 0 Å². The van der Waals surface area contributed by atoms with Crippen LogP contribution in [-0.4, -0.2) is 14.5 Å². The van der Waals surface area contributed by atoms with Crippen LogP contribution in [0.1, 0.15) is 30.9 Å². The van der Waals surface area contributed by atoms with Gasteiger partial charge in [0, 0.05) is 0 Å². The molecule has 0 fully saturated rings. The van der Waals surface area contributed by atoms with Crippen molar-refractivity contribution in [3.8, 4) is 12.1 Å². The summed E-state index contributed by atoms with van der Waals surface area (Å²) in [5, 5.41) is 17.5. The molecule has 1 aromatic rings. The highest BCUT2D eigenvalue weighted by Gasteiger charge is 2.17. The van der Waals surface area contributed by atoms with Crippen LogP contribution in [0.4, 0.5) is 0 Å². The zero-order valence-corrected chi connectivity index (χ0v) is 11.4. The summed E-state index contributed by atoms with van der Waals surface area (Å²) in [7, 11) is -3.54. The molecule has 0 heterocycles. The molecule has 0 spiro atoms. The Morgan fingerprint density at radius 1 is 1.26 bits per heavy atom. The number of nitrogens with zero attached hydrogens (tertiary/aromatic N) is 2. The van der Waals surface area contributed by atoms with Crippen molar-refractivity contribution in [2.45, 2.75) is 31.6 Å². The summed E-state index contributed by atoms with van der Waals surface area (Å²) in [5.41, 5.74) is 1.06. The quantitative estimate of drug-likeness (QED) is 0.855. The van der Waals surface area contributed by atoms with Crippen LogP contribution in [0.15, 0.2) is 24.3 Å². The van der Waals surface area contributed by atoms with Gasteiger partial charge in [-0.25, -0.2) is 8.42 Å². The van der Waals surface area contributed by atoms with Gasteiger partial charge in [-0.15, -0.1) is 0 Å². The molecule has 1 unspecified atom stereocenters. The van der Waals surface area contributed by atoms with Crippen molar-refractivity contribution in [1.82, 2.24) is 4.72 Å². The number of nitrogens with one attached hydrogen (secondary N) is 1. The lowest BCUT2D eigenvalue weighted by atomic mass is 10.2. The predicted molar refractivity (Wildman–Crippen MR) is 71.2 cm³/mol. The molecular weight excluding hydrogens is 262 g/mol. The fourth-order valence-corrected chi connectivity index (χ4v) is 2.91. The zero-order chi connectivity index (χ0) is 14.3.